The summed E-state index contributed by atoms with van der Waals surface area (Å²) >= 11 is 0. The van der Waals surface area contributed by atoms with Gasteiger partial charge in [-0.15, -0.1) is 0 Å². The van der Waals surface area contributed by atoms with E-state index in [0.717, 1.165) is 11.1 Å². The molecule has 0 saturated carbocycles. The van der Waals surface area contributed by atoms with E-state index in [0.29, 0.717) is 0 Å². The van der Waals surface area contributed by atoms with Gasteiger partial charge in [0.25, 0.3) is 0 Å². The minimum atomic E-state index is -0.204. The largest absolute Gasteiger partial charge is 0.207 e. The Morgan fingerprint density at radius 2 is 2.17 bits per heavy atom. The van der Waals surface area contributed by atoms with Crippen molar-refractivity contribution in [3.8, 4) is 0 Å². The SMILES string of the molecule is C=CC=Cc1cc(F)ccc1C. The Labute approximate surface area is 72.0 Å². The lowest BCUT2D eigenvalue weighted by molar-refractivity contribution is 0.627. The summed E-state index contributed by atoms with van der Waals surface area (Å²) in [6.07, 6.45) is 5.30. The molecule has 0 spiro atoms. The second kappa shape index (κ2) is 3.86. The number of aryl methyl sites for hydroxylation is 1. The van der Waals surface area contributed by atoms with Crippen LogP contribution < -0.4 is 0 Å². The molecule has 1 aromatic carbocycles. The van der Waals surface area contributed by atoms with E-state index in [1.165, 1.54) is 12.1 Å². The van der Waals surface area contributed by atoms with E-state index in [1.807, 2.05) is 13.0 Å². The van der Waals surface area contributed by atoms with Gasteiger partial charge in [-0.2, -0.15) is 0 Å². The molecule has 0 saturated heterocycles. The monoisotopic (exact) mass is 162 g/mol. The second-order valence-electron chi connectivity index (χ2n) is 2.60. The lowest BCUT2D eigenvalue weighted by Gasteiger charge is -1.98. The van der Waals surface area contributed by atoms with Crippen LogP contribution in [0.5, 0.6) is 0 Å². The molecule has 0 aliphatic heterocycles. The number of rotatable bonds is 2. The normalized spacial score (nSPS) is 10.5. The van der Waals surface area contributed by atoms with Crippen LogP contribution >= 0.6 is 0 Å². The summed E-state index contributed by atoms with van der Waals surface area (Å²) in [7, 11) is 0. The number of benzene rings is 1. The maximum atomic E-state index is 12.7. The minimum absolute atomic E-state index is 0.204. The van der Waals surface area contributed by atoms with Gasteiger partial charge in [0.15, 0.2) is 0 Å². The van der Waals surface area contributed by atoms with Gasteiger partial charge in [-0.05, 0) is 30.2 Å². The van der Waals surface area contributed by atoms with E-state index in [9.17, 15) is 4.39 Å². The number of allylic oxidation sites excluding steroid dienone is 2. The standard InChI is InChI=1S/C11H11F/c1-3-4-5-10-8-11(12)7-6-9(10)2/h3-8H,1H2,2H3. The second-order valence-corrected chi connectivity index (χ2v) is 2.60. The summed E-state index contributed by atoms with van der Waals surface area (Å²) < 4.78 is 12.7. The average Bonchev–Trinajstić information content (AvgIpc) is 2.07. The Bertz CT molecular complexity index is 311. The van der Waals surface area contributed by atoms with E-state index in [2.05, 4.69) is 6.58 Å². The first kappa shape index (κ1) is 8.72. The van der Waals surface area contributed by atoms with Crippen LogP contribution in [0.1, 0.15) is 11.1 Å². The van der Waals surface area contributed by atoms with Crippen molar-refractivity contribution in [3.63, 3.8) is 0 Å². The lowest BCUT2D eigenvalue weighted by atomic mass is 10.1. The third kappa shape index (κ3) is 2.06. The van der Waals surface area contributed by atoms with Gasteiger partial charge >= 0.3 is 0 Å². The third-order valence-corrected chi connectivity index (χ3v) is 1.65. The molecular weight excluding hydrogens is 151 g/mol. The topological polar surface area (TPSA) is 0 Å². The molecule has 0 nitrogen and oxygen atoms in total. The first-order chi connectivity index (χ1) is 5.74. The van der Waals surface area contributed by atoms with Crippen molar-refractivity contribution in [2.75, 3.05) is 0 Å². The smallest absolute Gasteiger partial charge is 0.123 e. The minimum Gasteiger partial charge on any atom is -0.207 e. The molecule has 12 heavy (non-hydrogen) atoms. The van der Waals surface area contributed by atoms with Crippen molar-refractivity contribution in [2.45, 2.75) is 6.92 Å². The van der Waals surface area contributed by atoms with Crippen LogP contribution in [0.15, 0.2) is 36.9 Å². The van der Waals surface area contributed by atoms with Crippen LogP contribution in [-0.2, 0) is 0 Å². The molecule has 0 heterocycles. The fourth-order valence-corrected chi connectivity index (χ4v) is 0.963. The Kier molecular flexibility index (Phi) is 2.81. The average molecular weight is 162 g/mol. The van der Waals surface area contributed by atoms with Gasteiger partial charge in [-0.25, -0.2) is 4.39 Å². The molecule has 0 unspecified atom stereocenters. The van der Waals surface area contributed by atoms with E-state index < -0.39 is 0 Å². The summed E-state index contributed by atoms with van der Waals surface area (Å²) in [5.74, 6) is -0.204. The van der Waals surface area contributed by atoms with Gasteiger partial charge in [0.2, 0.25) is 0 Å². The van der Waals surface area contributed by atoms with Gasteiger partial charge < -0.3 is 0 Å². The summed E-state index contributed by atoms with van der Waals surface area (Å²) in [4.78, 5) is 0. The zero-order valence-electron chi connectivity index (χ0n) is 7.05. The third-order valence-electron chi connectivity index (χ3n) is 1.65. The zero-order chi connectivity index (χ0) is 8.97. The van der Waals surface area contributed by atoms with Crippen molar-refractivity contribution in [1.82, 2.24) is 0 Å². The van der Waals surface area contributed by atoms with Crippen LogP contribution in [0.2, 0.25) is 0 Å². The molecule has 0 bridgehead atoms. The molecule has 1 heteroatoms. The van der Waals surface area contributed by atoms with Crippen molar-refractivity contribution >= 4 is 6.08 Å². The summed E-state index contributed by atoms with van der Waals surface area (Å²) in [5.41, 5.74) is 1.96. The summed E-state index contributed by atoms with van der Waals surface area (Å²) in [6.45, 7) is 5.49. The highest BCUT2D eigenvalue weighted by molar-refractivity contribution is 5.54. The molecular formula is C11H11F. The molecule has 1 rings (SSSR count). The first-order valence-corrected chi connectivity index (χ1v) is 3.79. The quantitative estimate of drug-likeness (QED) is 0.585. The van der Waals surface area contributed by atoms with Gasteiger partial charge in [-0.3, -0.25) is 0 Å². The van der Waals surface area contributed by atoms with Crippen molar-refractivity contribution < 1.29 is 4.39 Å². The molecule has 0 fully saturated rings. The first-order valence-electron chi connectivity index (χ1n) is 3.79. The molecule has 1 aromatic rings. The Balaban J connectivity index is 3.04. The highest BCUT2D eigenvalue weighted by Crippen LogP contribution is 2.11. The van der Waals surface area contributed by atoms with E-state index in [4.69, 9.17) is 0 Å². The number of hydrogen-bond donors (Lipinski definition) is 0. The summed E-state index contributed by atoms with van der Waals surface area (Å²) in [5, 5.41) is 0. The number of hydrogen-bond acceptors (Lipinski definition) is 0. The molecule has 0 radical (unpaired) electrons. The maximum absolute atomic E-state index is 12.7. The molecule has 62 valence electrons. The molecule has 0 N–H and O–H groups in total. The van der Waals surface area contributed by atoms with Crippen LogP contribution in [0, 0.1) is 12.7 Å². The van der Waals surface area contributed by atoms with Crippen molar-refractivity contribution in [1.29, 1.82) is 0 Å². The maximum Gasteiger partial charge on any atom is 0.123 e. The van der Waals surface area contributed by atoms with Crippen LogP contribution in [-0.4, -0.2) is 0 Å². The zero-order valence-corrected chi connectivity index (χ0v) is 7.05. The lowest BCUT2D eigenvalue weighted by Crippen LogP contribution is -1.81. The fraction of sp³-hybridized carbons (Fsp3) is 0.0909. The van der Waals surface area contributed by atoms with Crippen LogP contribution in [0.25, 0.3) is 6.08 Å². The molecule has 0 aromatic heterocycles. The number of halogens is 1. The van der Waals surface area contributed by atoms with Gasteiger partial charge in [0, 0.05) is 0 Å². The van der Waals surface area contributed by atoms with Crippen molar-refractivity contribution in [3.05, 3.63) is 53.9 Å². The van der Waals surface area contributed by atoms with E-state index in [-0.39, 0.29) is 5.82 Å². The molecule has 0 aliphatic rings. The van der Waals surface area contributed by atoms with Gasteiger partial charge in [0.1, 0.15) is 5.82 Å². The van der Waals surface area contributed by atoms with Gasteiger partial charge in [-0.1, -0.05) is 30.9 Å². The van der Waals surface area contributed by atoms with Crippen molar-refractivity contribution in [2.24, 2.45) is 0 Å². The highest BCUT2D eigenvalue weighted by atomic mass is 19.1. The van der Waals surface area contributed by atoms with E-state index in [1.54, 1.807) is 18.2 Å². The van der Waals surface area contributed by atoms with Crippen LogP contribution in [0.3, 0.4) is 0 Å². The fourth-order valence-electron chi connectivity index (χ4n) is 0.963. The Morgan fingerprint density at radius 1 is 1.42 bits per heavy atom. The predicted molar refractivity (Wildman–Crippen MR) is 50.4 cm³/mol. The summed E-state index contributed by atoms with van der Waals surface area (Å²) in [6, 6.07) is 4.73. The van der Waals surface area contributed by atoms with Gasteiger partial charge in [0.05, 0.1) is 0 Å². The Hall–Kier alpha value is -1.37. The molecule has 0 atom stereocenters. The van der Waals surface area contributed by atoms with E-state index >= 15 is 0 Å². The predicted octanol–water partition coefficient (Wildman–Crippen LogP) is 3.33. The van der Waals surface area contributed by atoms with Crippen LogP contribution in [0.4, 0.5) is 4.39 Å². The molecule has 0 amide bonds. The Morgan fingerprint density at radius 3 is 2.83 bits per heavy atom. The highest BCUT2D eigenvalue weighted by Gasteiger charge is 1.94. The molecule has 0 aliphatic carbocycles.